The summed E-state index contributed by atoms with van der Waals surface area (Å²) < 4.78 is 19.5. The van der Waals surface area contributed by atoms with Crippen molar-refractivity contribution in [3.63, 3.8) is 0 Å². The van der Waals surface area contributed by atoms with Crippen LogP contribution in [0.1, 0.15) is 53.9 Å². The Labute approximate surface area is 199 Å². The van der Waals surface area contributed by atoms with E-state index in [-0.39, 0.29) is 36.1 Å². The minimum Gasteiger partial charge on any atom is -0.487 e. The normalized spacial score (nSPS) is 12.5. The SMILES string of the molecule is CC(C)(C)C(c1ccccc1)c1cc(OCc2ccc3cc(F)ccc3n2)ccc1C(=O)CN. The second-order valence-corrected chi connectivity index (χ2v) is 9.51. The number of pyridine rings is 1. The zero-order valence-corrected chi connectivity index (χ0v) is 19.7. The van der Waals surface area contributed by atoms with Gasteiger partial charge in [0.05, 0.1) is 17.8 Å². The summed E-state index contributed by atoms with van der Waals surface area (Å²) in [6.45, 7) is 6.69. The van der Waals surface area contributed by atoms with Crippen molar-refractivity contribution >= 4 is 16.7 Å². The summed E-state index contributed by atoms with van der Waals surface area (Å²) >= 11 is 0. The fourth-order valence-corrected chi connectivity index (χ4v) is 4.40. The van der Waals surface area contributed by atoms with E-state index >= 15 is 0 Å². The van der Waals surface area contributed by atoms with Gasteiger partial charge < -0.3 is 10.5 Å². The quantitative estimate of drug-likeness (QED) is 0.333. The Hall–Kier alpha value is -3.57. The number of halogens is 1. The summed E-state index contributed by atoms with van der Waals surface area (Å²) in [5.74, 6) is 0.228. The molecule has 4 aromatic rings. The molecule has 0 saturated carbocycles. The van der Waals surface area contributed by atoms with Crippen molar-refractivity contribution in [2.24, 2.45) is 11.1 Å². The largest absolute Gasteiger partial charge is 0.487 e. The first-order chi connectivity index (χ1) is 16.3. The van der Waals surface area contributed by atoms with Crippen LogP contribution >= 0.6 is 0 Å². The minimum atomic E-state index is -0.287. The molecule has 0 saturated heterocycles. The molecule has 0 aliphatic rings. The van der Waals surface area contributed by atoms with Gasteiger partial charge in [0, 0.05) is 16.9 Å². The summed E-state index contributed by atoms with van der Waals surface area (Å²) in [7, 11) is 0. The molecular weight excluding hydrogens is 427 g/mol. The molecule has 1 unspecified atom stereocenters. The van der Waals surface area contributed by atoms with Gasteiger partial charge in [0.1, 0.15) is 18.2 Å². The molecule has 3 aromatic carbocycles. The van der Waals surface area contributed by atoms with Crippen molar-refractivity contribution in [1.82, 2.24) is 4.98 Å². The Morgan fingerprint density at radius 1 is 1.00 bits per heavy atom. The molecule has 0 amide bonds. The highest BCUT2D eigenvalue weighted by molar-refractivity contribution is 5.99. The number of carbonyl (C=O) groups is 1. The van der Waals surface area contributed by atoms with Gasteiger partial charge in [-0.3, -0.25) is 4.79 Å². The number of Topliss-reactive ketones (excluding diaryl/α,β-unsaturated/α-hetero) is 1. The molecule has 174 valence electrons. The molecule has 0 aliphatic heterocycles. The highest BCUT2D eigenvalue weighted by atomic mass is 19.1. The third-order valence-corrected chi connectivity index (χ3v) is 5.91. The molecule has 0 bridgehead atoms. The molecule has 34 heavy (non-hydrogen) atoms. The maximum Gasteiger partial charge on any atom is 0.176 e. The fourth-order valence-electron chi connectivity index (χ4n) is 4.40. The molecule has 4 rings (SSSR count). The van der Waals surface area contributed by atoms with E-state index < -0.39 is 0 Å². The average Bonchev–Trinajstić information content (AvgIpc) is 2.82. The topological polar surface area (TPSA) is 65.2 Å². The van der Waals surface area contributed by atoms with Crippen LogP contribution in [0.5, 0.6) is 5.75 Å². The van der Waals surface area contributed by atoms with Crippen LogP contribution in [0.3, 0.4) is 0 Å². The minimum absolute atomic E-state index is 0.0311. The van der Waals surface area contributed by atoms with Crippen LogP contribution in [-0.2, 0) is 6.61 Å². The summed E-state index contributed by atoms with van der Waals surface area (Å²) in [6, 6.07) is 23.9. The maximum atomic E-state index is 13.4. The molecule has 1 aromatic heterocycles. The van der Waals surface area contributed by atoms with Crippen LogP contribution in [0.15, 0.2) is 78.9 Å². The van der Waals surface area contributed by atoms with Gasteiger partial charge in [0.2, 0.25) is 0 Å². The van der Waals surface area contributed by atoms with Gasteiger partial charge in [0.25, 0.3) is 0 Å². The number of fused-ring (bicyclic) bond motifs is 1. The van der Waals surface area contributed by atoms with Crippen LogP contribution in [0.4, 0.5) is 4.39 Å². The van der Waals surface area contributed by atoms with E-state index in [4.69, 9.17) is 10.5 Å². The standard InChI is InChI=1S/C29H29FN2O2/c1-29(2,3)28(19-7-5-4-6-8-19)25-16-23(12-13-24(25)27(33)17-31)34-18-22-11-9-20-15-21(30)10-14-26(20)32-22/h4-16,28H,17-18,31H2,1-3H3. The molecule has 5 heteroatoms. The van der Waals surface area contributed by atoms with Crippen molar-refractivity contribution < 1.29 is 13.9 Å². The number of ether oxygens (including phenoxy) is 1. The van der Waals surface area contributed by atoms with Gasteiger partial charge in [-0.15, -0.1) is 0 Å². The second-order valence-electron chi connectivity index (χ2n) is 9.51. The number of nitrogens with zero attached hydrogens (tertiary/aromatic N) is 1. The van der Waals surface area contributed by atoms with Gasteiger partial charge in [-0.1, -0.05) is 57.2 Å². The number of hydrogen-bond acceptors (Lipinski definition) is 4. The van der Waals surface area contributed by atoms with Crippen molar-refractivity contribution in [2.45, 2.75) is 33.3 Å². The van der Waals surface area contributed by atoms with Crippen LogP contribution in [-0.4, -0.2) is 17.3 Å². The monoisotopic (exact) mass is 456 g/mol. The summed E-state index contributed by atoms with van der Waals surface area (Å²) in [5, 5.41) is 0.742. The maximum absolute atomic E-state index is 13.4. The lowest BCUT2D eigenvalue weighted by molar-refractivity contribution is 0.0999. The summed E-state index contributed by atoms with van der Waals surface area (Å²) in [5.41, 5.74) is 9.67. The first-order valence-electron chi connectivity index (χ1n) is 11.4. The zero-order valence-electron chi connectivity index (χ0n) is 19.7. The summed E-state index contributed by atoms with van der Waals surface area (Å²) in [6.07, 6.45) is 0. The first-order valence-corrected chi connectivity index (χ1v) is 11.4. The van der Waals surface area contributed by atoms with Crippen LogP contribution in [0.25, 0.3) is 10.9 Å². The van der Waals surface area contributed by atoms with Crippen LogP contribution in [0, 0.1) is 11.2 Å². The average molecular weight is 457 g/mol. The second kappa shape index (κ2) is 9.74. The predicted molar refractivity (Wildman–Crippen MR) is 134 cm³/mol. The van der Waals surface area contributed by atoms with Gasteiger partial charge in [-0.25, -0.2) is 9.37 Å². The Kier molecular flexibility index (Phi) is 6.75. The smallest absolute Gasteiger partial charge is 0.176 e. The van der Waals surface area contributed by atoms with E-state index in [1.807, 2.05) is 36.4 Å². The van der Waals surface area contributed by atoms with E-state index in [1.165, 1.54) is 12.1 Å². The number of aromatic nitrogens is 1. The number of benzene rings is 3. The van der Waals surface area contributed by atoms with Gasteiger partial charge in [-0.2, -0.15) is 0 Å². The first kappa shape index (κ1) is 23.6. The lowest BCUT2D eigenvalue weighted by atomic mass is 9.71. The van der Waals surface area contributed by atoms with E-state index in [9.17, 15) is 9.18 Å². The third kappa shape index (κ3) is 5.15. The Morgan fingerprint density at radius 2 is 1.76 bits per heavy atom. The fraction of sp³-hybridized carbons (Fsp3) is 0.241. The van der Waals surface area contributed by atoms with Gasteiger partial charge >= 0.3 is 0 Å². The number of hydrogen-bond donors (Lipinski definition) is 1. The van der Waals surface area contributed by atoms with Crippen molar-refractivity contribution in [3.05, 3.63) is 107 Å². The lowest BCUT2D eigenvalue weighted by Crippen LogP contribution is -2.24. The van der Waals surface area contributed by atoms with Crippen molar-refractivity contribution in [2.75, 3.05) is 6.54 Å². The molecule has 0 spiro atoms. The predicted octanol–water partition coefficient (Wildman–Crippen LogP) is 6.27. The molecule has 4 nitrogen and oxygen atoms in total. The van der Waals surface area contributed by atoms with E-state index in [0.717, 1.165) is 22.2 Å². The molecule has 1 atom stereocenters. The number of ketones is 1. The molecule has 0 fully saturated rings. The van der Waals surface area contributed by atoms with E-state index in [2.05, 4.69) is 37.9 Å². The number of nitrogens with two attached hydrogens (primary N) is 1. The Balaban J connectivity index is 1.69. The van der Waals surface area contributed by atoms with Crippen molar-refractivity contribution in [3.8, 4) is 5.75 Å². The van der Waals surface area contributed by atoms with Crippen molar-refractivity contribution in [1.29, 1.82) is 0 Å². The van der Waals surface area contributed by atoms with Gasteiger partial charge in [0.15, 0.2) is 5.78 Å². The van der Waals surface area contributed by atoms with Crippen LogP contribution < -0.4 is 10.5 Å². The zero-order chi connectivity index (χ0) is 24.3. The molecule has 1 heterocycles. The van der Waals surface area contributed by atoms with E-state index in [0.29, 0.717) is 16.8 Å². The summed E-state index contributed by atoms with van der Waals surface area (Å²) in [4.78, 5) is 17.3. The molecule has 0 radical (unpaired) electrons. The third-order valence-electron chi connectivity index (χ3n) is 5.91. The number of carbonyl (C=O) groups excluding carboxylic acids is 1. The number of rotatable bonds is 7. The van der Waals surface area contributed by atoms with Gasteiger partial charge in [-0.05, 0) is 59.0 Å². The lowest BCUT2D eigenvalue weighted by Gasteiger charge is -2.33. The Morgan fingerprint density at radius 3 is 2.47 bits per heavy atom. The molecule has 0 aliphatic carbocycles. The van der Waals surface area contributed by atoms with E-state index in [1.54, 1.807) is 18.2 Å². The van der Waals surface area contributed by atoms with Crippen LogP contribution in [0.2, 0.25) is 0 Å². The highest BCUT2D eigenvalue weighted by Gasteiger charge is 2.31. The molecule has 2 N–H and O–H groups in total. The highest BCUT2D eigenvalue weighted by Crippen LogP contribution is 2.43. The molecular formula is C29H29FN2O2. The Bertz CT molecular complexity index is 1310.